The maximum absolute atomic E-state index is 11.3. The summed E-state index contributed by atoms with van der Waals surface area (Å²) in [6.07, 6.45) is -0.659. The van der Waals surface area contributed by atoms with E-state index in [1.807, 2.05) is 11.0 Å². The molecule has 5 nitrogen and oxygen atoms in total. The Labute approximate surface area is 113 Å². The first kappa shape index (κ1) is 14.0. The van der Waals surface area contributed by atoms with Crippen molar-refractivity contribution < 1.29 is 13.5 Å². The van der Waals surface area contributed by atoms with Crippen LogP contribution in [0.15, 0.2) is 24.3 Å². The van der Waals surface area contributed by atoms with Crippen molar-refractivity contribution in [1.29, 1.82) is 5.26 Å². The van der Waals surface area contributed by atoms with Crippen molar-refractivity contribution in [2.75, 3.05) is 31.1 Å². The van der Waals surface area contributed by atoms with Crippen LogP contribution in [0.4, 0.5) is 0 Å². The summed E-state index contributed by atoms with van der Waals surface area (Å²) in [7, 11) is -2.88. The van der Waals surface area contributed by atoms with Gasteiger partial charge in [-0.1, -0.05) is 12.1 Å². The number of nitrogens with zero attached hydrogens (tertiary/aromatic N) is 2. The first-order valence-electron chi connectivity index (χ1n) is 6.11. The summed E-state index contributed by atoms with van der Waals surface area (Å²) in [6, 6.07) is 8.81. The van der Waals surface area contributed by atoms with Gasteiger partial charge in [0.2, 0.25) is 0 Å². The third kappa shape index (κ3) is 3.77. The van der Waals surface area contributed by atoms with Gasteiger partial charge in [-0.2, -0.15) is 5.26 Å². The summed E-state index contributed by atoms with van der Waals surface area (Å²) in [5.74, 6) is 0.320. The number of hydrogen-bond donors (Lipinski definition) is 1. The molecule has 1 saturated heterocycles. The highest BCUT2D eigenvalue weighted by Crippen LogP contribution is 2.16. The zero-order chi connectivity index (χ0) is 13.9. The third-order valence-electron chi connectivity index (χ3n) is 3.29. The third-order valence-corrected chi connectivity index (χ3v) is 4.90. The molecular formula is C13H16N2O3S. The van der Waals surface area contributed by atoms with E-state index in [-0.39, 0.29) is 11.5 Å². The molecule has 1 unspecified atom stereocenters. The van der Waals surface area contributed by atoms with Gasteiger partial charge in [-0.15, -0.1) is 0 Å². The fraction of sp³-hybridized carbons (Fsp3) is 0.462. The highest BCUT2D eigenvalue weighted by atomic mass is 32.2. The van der Waals surface area contributed by atoms with E-state index in [2.05, 4.69) is 0 Å². The number of benzene rings is 1. The Balaban J connectivity index is 1.94. The van der Waals surface area contributed by atoms with Crippen LogP contribution in [0.5, 0.6) is 0 Å². The van der Waals surface area contributed by atoms with Crippen molar-refractivity contribution in [3.8, 4) is 6.07 Å². The normalized spacial score (nSPS) is 20.6. The smallest absolute Gasteiger partial charge is 0.152 e. The van der Waals surface area contributed by atoms with Gasteiger partial charge >= 0.3 is 0 Å². The molecular weight excluding hydrogens is 264 g/mol. The van der Waals surface area contributed by atoms with Gasteiger partial charge in [-0.05, 0) is 17.7 Å². The van der Waals surface area contributed by atoms with E-state index in [1.54, 1.807) is 24.3 Å². The van der Waals surface area contributed by atoms with Crippen molar-refractivity contribution in [3.05, 3.63) is 35.4 Å². The molecule has 0 spiro atoms. The van der Waals surface area contributed by atoms with Gasteiger partial charge in [0, 0.05) is 19.6 Å². The van der Waals surface area contributed by atoms with Crippen molar-refractivity contribution in [3.63, 3.8) is 0 Å². The lowest BCUT2D eigenvalue weighted by atomic mass is 10.1. The number of rotatable bonds is 3. The Bertz CT molecular complexity index is 561. The van der Waals surface area contributed by atoms with E-state index in [1.165, 1.54) is 0 Å². The average Bonchev–Trinajstić information content (AvgIpc) is 2.41. The first-order valence-corrected chi connectivity index (χ1v) is 7.93. The molecule has 1 fully saturated rings. The minimum atomic E-state index is -2.88. The van der Waals surface area contributed by atoms with Gasteiger partial charge in [0.05, 0.1) is 29.2 Å². The SMILES string of the molecule is N#Cc1ccc(C(O)CN2CCS(=O)(=O)CC2)cc1. The van der Waals surface area contributed by atoms with Gasteiger partial charge in [-0.25, -0.2) is 8.42 Å². The van der Waals surface area contributed by atoms with E-state index in [0.29, 0.717) is 25.2 Å². The predicted octanol–water partition coefficient (Wildman–Crippen LogP) is 0.322. The van der Waals surface area contributed by atoms with Crippen molar-refractivity contribution in [2.24, 2.45) is 0 Å². The number of β-amino-alcohol motifs (C(OH)–C–C–N with tert-alkyl or cyclic N) is 1. The van der Waals surface area contributed by atoms with Crippen molar-refractivity contribution in [1.82, 2.24) is 4.90 Å². The number of nitriles is 1. The summed E-state index contributed by atoms with van der Waals surface area (Å²) in [5, 5.41) is 18.8. The van der Waals surface area contributed by atoms with E-state index >= 15 is 0 Å². The molecule has 19 heavy (non-hydrogen) atoms. The summed E-state index contributed by atoms with van der Waals surface area (Å²) in [5.41, 5.74) is 1.30. The molecule has 0 aromatic heterocycles. The van der Waals surface area contributed by atoms with Crippen LogP contribution in [0.3, 0.4) is 0 Å². The molecule has 0 amide bonds. The molecule has 6 heteroatoms. The van der Waals surface area contributed by atoms with Crippen LogP contribution < -0.4 is 0 Å². The zero-order valence-electron chi connectivity index (χ0n) is 10.5. The number of aliphatic hydroxyl groups is 1. The van der Waals surface area contributed by atoms with Crippen LogP contribution >= 0.6 is 0 Å². The average molecular weight is 280 g/mol. The monoisotopic (exact) mass is 280 g/mol. The number of sulfone groups is 1. The molecule has 1 aromatic carbocycles. The molecule has 0 bridgehead atoms. The number of aliphatic hydroxyl groups excluding tert-OH is 1. The van der Waals surface area contributed by atoms with Crippen molar-refractivity contribution in [2.45, 2.75) is 6.10 Å². The Kier molecular flexibility index (Phi) is 4.20. The molecule has 102 valence electrons. The Hall–Kier alpha value is -1.42. The fourth-order valence-electron chi connectivity index (χ4n) is 2.06. The van der Waals surface area contributed by atoms with Gasteiger partial charge in [0.15, 0.2) is 9.84 Å². The maximum atomic E-state index is 11.3. The second-order valence-electron chi connectivity index (χ2n) is 4.70. The molecule has 1 aliphatic heterocycles. The van der Waals surface area contributed by atoms with Crippen LogP contribution in [0.1, 0.15) is 17.2 Å². The molecule has 1 N–H and O–H groups in total. The largest absolute Gasteiger partial charge is 0.387 e. The Morgan fingerprint density at radius 1 is 1.26 bits per heavy atom. The Morgan fingerprint density at radius 3 is 2.37 bits per heavy atom. The number of hydrogen-bond acceptors (Lipinski definition) is 5. The highest BCUT2D eigenvalue weighted by molar-refractivity contribution is 7.91. The van der Waals surface area contributed by atoms with Crippen LogP contribution in [-0.2, 0) is 9.84 Å². The molecule has 1 aliphatic rings. The maximum Gasteiger partial charge on any atom is 0.152 e. The standard InChI is InChI=1S/C13H16N2O3S/c14-9-11-1-3-12(4-2-11)13(16)10-15-5-7-19(17,18)8-6-15/h1-4,13,16H,5-8,10H2. The zero-order valence-corrected chi connectivity index (χ0v) is 11.3. The molecule has 1 atom stereocenters. The van der Waals surface area contributed by atoms with Crippen LogP contribution in [0.2, 0.25) is 0 Å². The van der Waals surface area contributed by atoms with E-state index < -0.39 is 15.9 Å². The van der Waals surface area contributed by atoms with E-state index in [9.17, 15) is 13.5 Å². The van der Waals surface area contributed by atoms with E-state index in [4.69, 9.17) is 5.26 Å². The quantitative estimate of drug-likeness (QED) is 0.862. The summed E-state index contributed by atoms with van der Waals surface area (Å²) in [4.78, 5) is 1.95. The van der Waals surface area contributed by atoms with Crippen molar-refractivity contribution >= 4 is 9.84 Å². The summed E-state index contributed by atoms with van der Waals surface area (Å²) >= 11 is 0. The summed E-state index contributed by atoms with van der Waals surface area (Å²) in [6.45, 7) is 1.35. The van der Waals surface area contributed by atoms with Gasteiger partial charge in [-0.3, -0.25) is 4.90 Å². The lowest BCUT2D eigenvalue weighted by Crippen LogP contribution is -2.42. The highest BCUT2D eigenvalue weighted by Gasteiger charge is 2.23. The molecule has 1 heterocycles. The van der Waals surface area contributed by atoms with Crippen LogP contribution in [-0.4, -0.2) is 49.6 Å². The fourth-order valence-corrected chi connectivity index (χ4v) is 3.34. The molecule has 2 rings (SSSR count). The topological polar surface area (TPSA) is 81.4 Å². The van der Waals surface area contributed by atoms with Gasteiger partial charge in [0.25, 0.3) is 0 Å². The van der Waals surface area contributed by atoms with Gasteiger partial charge < -0.3 is 5.11 Å². The Morgan fingerprint density at radius 2 is 1.84 bits per heavy atom. The van der Waals surface area contributed by atoms with Crippen LogP contribution in [0, 0.1) is 11.3 Å². The lowest BCUT2D eigenvalue weighted by Gasteiger charge is -2.28. The lowest BCUT2D eigenvalue weighted by molar-refractivity contribution is 0.118. The second kappa shape index (κ2) is 5.70. The summed E-state index contributed by atoms with van der Waals surface area (Å²) < 4.78 is 22.6. The first-order chi connectivity index (χ1) is 9.00. The van der Waals surface area contributed by atoms with Gasteiger partial charge in [0.1, 0.15) is 0 Å². The van der Waals surface area contributed by atoms with E-state index in [0.717, 1.165) is 5.56 Å². The molecule has 0 radical (unpaired) electrons. The second-order valence-corrected chi connectivity index (χ2v) is 7.01. The predicted molar refractivity (Wildman–Crippen MR) is 71.2 cm³/mol. The minimum absolute atomic E-state index is 0.160. The molecule has 0 saturated carbocycles. The minimum Gasteiger partial charge on any atom is -0.387 e. The molecule has 1 aromatic rings. The molecule has 0 aliphatic carbocycles. The van der Waals surface area contributed by atoms with Crippen LogP contribution in [0.25, 0.3) is 0 Å².